The highest BCUT2D eigenvalue weighted by Crippen LogP contribution is 2.36. The minimum atomic E-state index is -0.519. The highest BCUT2D eigenvalue weighted by atomic mass is 35.5. The van der Waals surface area contributed by atoms with Crippen LogP contribution in [0.15, 0.2) is 48.5 Å². The molecule has 0 fully saturated rings. The molecule has 0 aromatic heterocycles. The van der Waals surface area contributed by atoms with E-state index in [4.69, 9.17) is 27.9 Å². The molecule has 0 saturated carbocycles. The largest absolute Gasteiger partial charge is 0.466 e. The van der Waals surface area contributed by atoms with Crippen molar-refractivity contribution in [2.75, 3.05) is 6.61 Å². The van der Waals surface area contributed by atoms with Crippen molar-refractivity contribution in [1.29, 1.82) is 5.26 Å². The second-order valence-electron chi connectivity index (χ2n) is 5.33. The Morgan fingerprint density at radius 3 is 2.42 bits per heavy atom. The average Bonchev–Trinajstić information content (AvgIpc) is 2.56. The molecule has 0 radical (unpaired) electrons. The lowest BCUT2D eigenvalue weighted by atomic mass is 9.80. The zero-order chi connectivity index (χ0) is 17.5. The summed E-state index contributed by atoms with van der Waals surface area (Å²) in [4.78, 5) is 12.0. The van der Waals surface area contributed by atoms with Gasteiger partial charge in [-0.3, -0.25) is 4.79 Å². The number of benzene rings is 2. The molecule has 24 heavy (non-hydrogen) atoms. The lowest BCUT2D eigenvalue weighted by Crippen LogP contribution is -2.16. The quantitative estimate of drug-likeness (QED) is 0.652. The molecular weight excluding hydrogens is 345 g/mol. The van der Waals surface area contributed by atoms with Crippen molar-refractivity contribution in [3.8, 4) is 6.07 Å². The summed E-state index contributed by atoms with van der Waals surface area (Å²) in [5, 5.41) is 10.9. The fraction of sp³-hybridized carbons (Fsp3) is 0.263. The van der Waals surface area contributed by atoms with Crippen molar-refractivity contribution in [3.63, 3.8) is 0 Å². The summed E-state index contributed by atoms with van der Waals surface area (Å²) < 4.78 is 5.07. The number of esters is 1. The molecule has 5 heteroatoms. The van der Waals surface area contributed by atoms with E-state index in [2.05, 4.69) is 6.07 Å². The highest BCUT2D eigenvalue weighted by molar-refractivity contribution is 6.30. The molecule has 0 aliphatic carbocycles. The molecular formula is C19H17Cl2NO2. The molecule has 0 heterocycles. The maximum Gasteiger partial charge on any atom is 0.306 e. The molecule has 0 aliphatic heterocycles. The van der Waals surface area contributed by atoms with E-state index >= 15 is 0 Å². The molecule has 0 amide bonds. The topological polar surface area (TPSA) is 50.1 Å². The number of hydrogen-bond acceptors (Lipinski definition) is 3. The Labute approximate surface area is 151 Å². The predicted molar refractivity (Wildman–Crippen MR) is 95.2 cm³/mol. The van der Waals surface area contributed by atoms with Gasteiger partial charge in [-0.15, -0.1) is 0 Å². The summed E-state index contributed by atoms with van der Waals surface area (Å²) in [6.07, 6.45) is 0.111. The van der Waals surface area contributed by atoms with E-state index in [1.807, 2.05) is 18.2 Å². The Bertz CT molecular complexity index is 738. The zero-order valence-electron chi connectivity index (χ0n) is 13.2. The van der Waals surface area contributed by atoms with Gasteiger partial charge in [0.1, 0.15) is 0 Å². The predicted octanol–water partition coefficient (Wildman–Crippen LogP) is 5.34. The summed E-state index contributed by atoms with van der Waals surface area (Å²) in [6.45, 7) is 2.06. The van der Waals surface area contributed by atoms with Crippen molar-refractivity contribution in [2.45, 2.75) is 25.2 Å². The number of rotatable bonds is 6. The molecule has 2 atom stereocenters. The number of ether oxygens (including phenoxy) is 1. The van der Waals surface area contributed by atoms with E-state index in [9.17, 15) is 10.1 Å². The first-order valence-electron chi connectivity index (χ1n) is 7.61. The van der Waals surface area contributed by atoms with Crippen LogP contribution < -0.4 is 0 Å². The molecule has 124 valence electrons. The van der Waals surface area contributed by atoms with Crippen LogP contribution in [0.5, 0.6) is 0 Å². The third-order valence-corrected chi connectivity index (χ3v) is 4.23. The lowest BCUT2D eigenvalue weighted by Gasteiger charge is -2.22. The monoisotopic (exact) mass is 361 g/mol. The van der Waals surface area contributed by atoms with Crippen LogP contribution in [0.2, 0.25) is 10.0 Å². The number of nitrogens with zero attached hydrogens (tertiary/aromatic N) is 1. The summed E-state index contributed by atoms with van der Waals surface area (Å²) in [6, 6.07) is 16.6. The SMILES string of the molecule is CCOC(=O)CC(c1ccc(Cl)cc1)C(C#N)c1cccc(Cl)c1. The highest BCUT2D eigenvalue weighted by Gasteiger charge is 2.28. The molecule has 3 nitrogen and oxygen atoms in total. The van der Waals surface area contributed by atoms with Crippen LogP contribution in [0, 0.1) is 11.3 Å². The van der Waals surface area contributed by atoms with Crippen molar-refractivity contribution < 1.29 is 9.53 Å². The molecule has 0 saturated heterocycles. The van der Waals surface area contributed by atoms with Crippen LogP contribution in [-0.2, 0) is 9.53 Å². The van der Waals surface area contributed by atoms with Gasteiger partial charge < -0.3 is 4.74 Å². The van der Waals surface area contributed by atoms with E-state index in [0.717, 1.165) is 11.1 Å². The molecule has 2 rings (SSSR count). The Balaban J connectivity index is 2.41. The standard InChI is InChI=1S/C19H17Cl2NO2/c1-2-24-19(23)11-17(13-6-8-15(20)9-7-13)18(12-22)14-4-3-5-16(21)10-14/h3-10,17-18H,2,11H2,1H3. The summed E-state index contributed by atoms with van der Waals surface area (Å²) in [5.41, 5.74) is 1.63. The van der Waals surface area contributed by atoms with Crippen LogP contribution in [0.3, 0.4) is 0 Å². The third kappa shape index (κ3) is 4.74. The van der Waals surface area contributed by atoms with E-state index in [1.165, 1.54) is 0 Å². The van der Waals surface area contributed by atoms with E-state index < -0.39 is 5.92 Å². The van der Waals surface area contributed by atoms with Crippen LogP contribution in [0.1, 0.15) is 36.3 Å². The molecule has 0 aliphatic rings. The number of halogens is 2. The second-order valence-corrected chi connectivity index (χ2v) is 6.20. The third-order valence-electron chi connectivity index (χ3n) is 3.74. The van der Waals surface area contributed by atoms with Crippen molar-refractivity contribution in [2.24, 2.45) is 0 Å². The minimum Gasteiger partial charge on any atom is -0.466 e. The number of hydrogen-bond donors (Lipinski definition) is 0. The Morgan fingerprint density at radius 1 is 1.12 bits per heavy atom. The molecule has 0 bridgehead atoms. The Kier molecular flexibility index (Phi) is 6.66. The van der Waals surface area contributed by atoms with Gasteiger partial charge in [-0.05, 0) is 42.3 Å². The first-order chi connectivity index (χ1) is 11.5. The fourth-order valence-electron chi connectivity index (χ4n) is 2.63. The second kappa shape index (κ2) is 8.73. The lowest BCUT2D eigenvalue weighted by molar-refractivity contribution is -0.143. The van der Waals surface area contributed by atoms with Crippen LogP contribution >= 0.6 is 23.2 Å². The van der Waals surface area contributed by atoms with Gasteiger partial charge in [0.05, 0.1) is 25.0 Å². The Morgan fingerprint density at radius 2 is 1.83 bits per heavy atom. The fourth-order valence-corrected chi connectivity index (χ4v) is 2.96. The van der Waals surface area contributed by atoms with E-state index in [1.54, 1.807) is 37.3 Å². The minimum absolute atomic E-state index is 0.111. The number of carbonyl (C=O) groups is 1. The van der Waals surface area contributed by atoms with Crippen LogP contribution in [-0.4, -0.2) is 12.6 Å². The van der Waals surface area contributed by atoms with E-state index in [-0.39, 0.29) is 18.3 Å². The Hall–Kier alpha value is -2.02. The van der Waals surface area contributed by atoms with E-state index in [0.29, 0.717) is 16.7 Å². The first-order valence-corrected chi connectivity index (χ1v) is 8.37. The van der Waals surface area contributed by atoms with Gasteiger partial charge in [0.2, 0.25) is 0 Å². The summed E-state index contributed by atoms with van der Waals surface area (Å²) >= 11 is 12.0. The molecule has 2 aromatic carbocycles. The van der Waals surface area contributed by atoms with Crippen molar-refractivity contribution in [1.82, 2.24) is 0 Å². The van der Waals surface area contributed by atoms with Gasteiger partial charge in [0.15, 0.2) is 0 Å². The van der Waals surface area contributed by atoms with Gasteiger partial charge in [-0.1, -0.05) is 47.5 Å². The average molecular weight is 362 g/mol. The van der Waals surface area contributed by atoms with Crippen molar-refractivity contribution >= 4 is 29.2 Å². The van der Waals surface area contributed by atoms with Gasteiger partial charge in [-0.2, -0.15) is 5.26 Å². The van der Waals surface area contributed by atoms with Crippen LogP contribution in [0.25, 0.3) is 0 Å². The summed E-state index contributed by atoms with van der Waals surface area (Å²) in [7, 11) is 0. The molecule has 2 aromatic rings. The maximum atomic E-state index is 12.0. The summed E-state index contributed by atoms with van der Waals surface area (Å²) in [5.74, 6) is -1.20. The van der Waals surface area contributed by atoms with Crippen LogP contribution in [0.4, 0.5) is 0 Å². The maximum absolute atomic E-state index is 12.0. The van der Waals surface area contributed by atoms with Gasteiger partial charge in [-0.25, -0.2) is 0 Å². The number of nitriles is 1. The van der Waals surface area contributed by atoms with Gasteiger partial charge >= 0.3 is 5.97 Å². The smallest absolute Gasteiger partial charge is 0.306 e. The van der Waals surface area contributed by atoms with Crippen molar-refractivity contribution in [3.05, 3.63) is 69.7 Å². The first kappa shape index (κ1) is 18.3. The zero-order valence-corrected chi connectivity index (χ0v) is 14.7. The molecule has 2 unspecified atom stereocenters. The molecule has 0 N–H and O–H groups in total. The normalized spacial score (nSPS) is 12.9. The molecule has 0 spiro atoms. The number of carbonyl (C=O) groups excluding carboxylic acids is 1. The van der Waals surface area contributed by atoms with Gasteiger partial charge in [0.25, 0.3) is 0 Å². The van der Waals surface area contributed by atoms with Gasteiger partial charge in [0, 0.05) is 16.0 Å².